The third-order valence-electron chi connectivity index (χ3n) is 3.50. The molecule has 0 radical (unpaired) electrons. The summed E-state index contributed by atoms with van der Waals surface area (Å²) in [6, 6.07) is 5.89. The number of esters is 1. The van der Waals surface area contributed by atoms with Gasteiger partial charge in [-0.2, -0.15) is 0 Å². The van der Waals surface area contributed by atoms with Crippen molar-refractivity contribution in [3.8, 4) is 11.3 Å². The number of nitrogens with zero attached hydrogens (tertiary/aromatic N) is 1. The van der Waals surface area contributed by atoms with E-state index in [-0.39, 0.29) is 5.69 Å². The number of rotatable bonds is 4. The molecule has 0 unspecified atom stereocenters. The normalized spacial score (nSPS) is 11.0. The Kier molecular flexibility index (Phi) is 4.46. The van der Waals surface area contributed by atoms with Crippen molar-refractivity contribution < 1.29 is 14.1 Å². The van der Waals surface area contributed by atoms with E-state index in [2.05, 4.69) is 38.1 Å². The van der Waals surface area contributed by atoms with Crippen LogP contribution in [0.2, 0.25) is 0 Å². The predicted octanol–water partition coefficient (Wildman–Crippen LogP) is 4.26. The van der Waals surface area contributed by atoms with Crippen LogP contribution in [-0.4, -0.2) is 17.7 Å². The van der Waals surface area contributed by atoms with Gasteiger partial charge in [-0.1, -0.05) is 25.1 Å². The maximum atomic E-state index is 11.7. The van der Waals surface area contributed by atoms with E-state index in [1.807, 2.05) is 6.92 Å². The van der Waals surface area contributed by atoms with Crippen LogP contribution in [-0.2, 0) is 4.74 Å². The summed E-state index contributed by atoms with van der Waals surface area (Å²) in [6.07, 6.45) is 0. The van der Waals surface area contributed by atoms with E-state index < -0.39 is 5.97 Å². The van der Waals surface area contributed by atoms with Crippen LogP contribution >= 0.6 is 0 Å². The Morgan fingerprint density at radius 1 is 1.24 bits per heavy atom. The number of aromatic nitrogens is 1. The topological polar surface area (TPSA) is 52.3 Å². The first-order valence-electron chi connectivity index (χ1n) is 7.19. The van der Waals surface area contributed by atoms with Crippen LogP contribution in [0.5, 0.6) is 0 Å². The Balaban J connectivity index is 2.42. The lowest BCUT2D eigenvalue weighted by atomic mass is 9.92. The summed E-state index contributed by atoms with van der Waals surface area (Å²) >= 11 is 0. The van der Waals surface area contributed by atoms with Crippen molar-refractivity contribution in [2.75, 3.05) is 6.61 Å². The van der Waals surface area contributed by atoms with Crippen molar-refractivity contribution in [3.05, 3.63) is 40.6 Å². The highest BCUT2D eigenvalue weighted by Crippen LogP contribution is 2.30. The third-order valence-corrected chi connectivity index (χ3v) is 3.50. The molecule has 1 aromatic heterocycles. The van der Waals surface area contributed by atoms with Gasteiger partial charge in [-0.05, 0) is 49.4 Å². The van der Waals surface area contributed by atoms with Gasteiger partial charge in [0.05, 0.1) is 6.61 Å². The van der Waals surface area contributed by atoms with Crippen molar-refractivity contribution in [3.63, 3.8) is 0 Å². The average Bonchev–Trinajstić information content (AvgIpc) is 2.88. The lowest BCUT2D eigenvalue weighted by Gasteiger charge is -2.13. The highest BCUT2D eigenvalue weighted by atomic mass is 16.5. The Morgan fingerprint density at radius 2 is 1.95 bits per heavy atom. The summed E-state index contributed by atoms with van der Waals surface area (Å²) in [6.45, 7) is 10.5. The van der Waals surface area contributed by atoms with E-state index in [1.165, 1.54) is 11.1 Å². The van der Waals surface area contributed by atoms with E-state index in [0.717, 1.165) is 11.1 Å². The molecule has 0 aliphatic carbocycles. The van der Waals surface area contributed by atoms with Gasteiger partial charge >= 0.3 is 5.97 Å². The largest absolute Gasteiger partial charge is 0.461 e. The molecule has 1 aromatic carbocycles. The standard InChI is InChI=1S/C17H21NO3/c1-6-20-17(19)15-9-16(21-18-15)14-8-13(10(2)3)11(4)7-12(14)5/h7-10H,6H2,1-5H3. The third kappa shape index (κ3) is 3.15. The van der Waals surface area contributed by atoms with Crippen LogP contribution in [0.15, 0.2) is 22.7 Å². The summed E-state index contributed by atoms with van der Waals surface area (Å²) in [5.41, 5.74) is 4.80. The van der Waals surface area contributed by atoms with Crippen LogP contribution in [0.25, 0.3) is 11.3 Å². The molecular formula is C17H21NO3. The Bertz CT molecular complexity index is 656. The molecule has 0 amide bonds. The van der Waals surface area contributed by atoms with Gasteiger partial charge < -0.3 is 9.26 Å². The number of carbonyl (C=O) groups excluding carboxylic acids is 1. The Morgan fingerprint density at radius 3 is 2.57 bits per heavy atom. The van der Waals surface area contributed by atoms with Crippen molar-refractivity contribution in [1.82, 2.24) is 5.16 Å². The second-order valence-electron chi connectivity index (χ2n) is 5.48. The lowest BCUT2D eigenvalue weighted by molar-refractivity contribution is 0.0514. The summed E-state index contributed by atoms with van der Waals surface area (Å²) in [7, 11) is 0. The highest BCUT2D eigenvalue weighted by molar-refractivity contribution is 5.88. The van der Waals surface area contributed by atoms with Crippen molar-refractivity contribution >= 4 is 5.97 Å². The molecule has 1 heterocycles. The van der Waals surface area contributed by atoms with Crippen molar-refractivity contribution in [2.24, 2.45) is 0 Å². The smallest absolute Gasteiger partial charge is 0.360 e. The molecule has 0 atom stereocenters. The zero-order chi connectivity index (χ0) is 15.6. The monoisotopic (exact) mass is 287 g/mol. The van der Waals surface area contributed by atoms with Gasteiger partial charge in [-0.25, -0.2) is 4.79 Å². The average molecular weight is 287 g/mol. The highest BCUT2D eigenvalue weighted by Gasteiger charge is 2.17. The molecule has 2 rings (SSSR count). The van der Waals surface area contributed by atoms with Gasteiger partial charge in [-0.3, -0.25) is 0 Å². The van der Waals surface area contributed by atoms with Crippen LogP contribution in [0.4, 0.5) is 0 Å². The first-order valence-corrected chi connectivity index (χ1v) is 7.19. The van der Waals surface area contributed by atoms with Crippen LogP contribution < -0.4 is 0 Å². The number of hydrogen-bond acceptors (Lipinski definition) is 4. The molecule has 4 heteroatoms. The second kappa shape index (κ2) is 6.12. The fraction of sp³-hybridized carbons (Fsp3) is 0.412. The fourth-order valence-corrected chi connectivity index (χ4v) is 2.46. The molecule has 0 bridgehead atoms. The van der Waals surface area contributed by atoms with E-state index >= 15 is 0 Å². The summed E-state index contributed by atoms with van der Waals surface area (Å²) < 4.78 is 10.2. The minimum absolute atomic E-state index is 0.206. The number of hydrogen-bond donors (Lipinski definition) is 0. The second-order valence-corrected chi connectivity index (χ2v) is 5.48. The molecular weight excluding hydrogens is 266 g/mol. The van der Waals surface area contributed by atoms with Crippen molar-refractivity contribution in [1.29, 1.82) is 0 Å². The van der Waals surface area contributed by atoms with Gasteiger partial charge in [0.1, 0.15) is 0 Å². The molecule has 112 valence electrons. The van der Waals surface area contributed by atoms with E-state index in [9.17, 15) is 4.79 Å². The molecule has 0 aliphatic rings. The first-order chi connectivity index (χ1) is 9.93. The van der Waals surface area contributed by atoms with Gasteiger partial charge in [0.25, 0.3) is 0 Å². The number of aryl methyl sites for hydroxylation is 2. The minimum Gasteiger partial charge on any atom is -0.461 e. The van der Waals surface area contributed by atoms with Gasteiger partial charge in [0, 0.05) is 11.6 Å². The molecule has 0 fully saturated rings. The Labute approximate surface area is 125 Å². The van der Waals surface area contributed by atoms with E-state index in [0.29, 0.717) is 18.3 Å². The fourth-order valence-electron chi connectivity index (χ4n) is 2.46. The zero-order valence-corrected chi connectivity index (χ0v) is 13.2. The maximum absolute atomic E-state index is 11.7. The number of benzene rings is 1. The van der Waals surface area contributed by atoms with E-state index in [1.54, 1.807) is 13.0 Å². The molecule has 21 heavy (non-hydrogen) atoms. The predicted molar refractivity (Wildman–Crippen MR) is 81.5 cm³/mol. The van der Waals surface area contributed by atoms with Crippen LogP contribution in [0.3, 0.4) is 0 Å². The van der Waals surface area contributed by atoms with Gasteiger partial charge in [0.2, 0.25) is 0 Å². The number of ether oxygens (including phenoxy) is 1. The van der Waals surface area contributed by atoms with Crippen molar-refractivity contribution in [2.45, 2.75) is 40.5 Å². The molecule has 0 aliphatic heterocycles. The molecule has 2 aromatic rings. The van der Waals surface area contributed by atoms with E-state index in [4.69, 9.17) is 9.26 Å². The lowest BCUT2D eigenvalue weighted by Crippen LogP contribution is -2.04. The molecule has 0 spiro atoms. The SMILES string of the molecule is CCOC(=O)c1cc(-c2cc(C(C)C)c(C)cc2C)on1. The first kappa shape index (κ1) is 15.3. The summed E-state index contributed by atoms with van der Waals surface area (Å²) in [5.74, 6) is 0.565. The number of carbonyl (C=O) groups is 1. The molecule has 0 saturated carbocycles. The summed E-state index contributed by atoms with van der Waals surface area (Å²) in [4.78, 5) is 11.7. The molecule has 0 saturated heterocycles. The minimum atomic E-state index is -0.457. The Hall–Kier alpha value is -2.10. The van der Waals surface area contributed by atoms with Crippen LogP contribution in [0, 0.1) is 13.8 Å². The van der Waals surface area contributed by atoms with Gasteiger partial charge in [0.15, 0.2) is 11.5 Å². The van der Waals surface area contributed by atoms with Gasteiger partial charge in [-0.15, -0.1) is 0 Å². The molecule has 4 nitrogen and oxygen atoms in total. The maximum Gasteiger partial charge on any atom is 0.360 e. The molecule has 0 N–H and O–H groups in total. The quantitative estimate of drug-likeness (QED) is 0.788. The zero-order valence-electron chi connectivity index (χ0n) is 13.2. The summed E-state index contributed by atoms with van der Waals surface area (Å²) in [5, 5.41) is 3.80. The van der Waals surface area contributed by atoms with Crippen LogP contribution in [0.1, 0.15) is 53.9 Å².